The van der Waals surface area contributed by atoms with Crippen LogP contribution in [0.4, 0.5) is 0 Å². The molecular weight excluding hydrogens is 891 g/mol. The standard InChI is InChI=1S/C24H40N6O4.C22H34N4O6.C2H7N/c1-3-27-21(31)9-11-23(33)29(15-13-25)17-19-5-7-20(8-6-19)18-30(16-14-26)24(34)12-10-22(32)28-4-2;1-31-21(29)9-7-19(27)25(13-11-23)15-17-3-5-18(6-4-17)16-26(14-12-24)20(28)8-10-22(30)32-2;1-2-3/h5-8H,3-4,9-18,25-26H2,1-2H3,(H,27,31)(H,28,32);3-6H,7-16,23-24H2,1-2H3;2-3H2,1H3. The van der Waals surface area contributed by atoms with E-state index in [-0.39, 0.29) is 86.8 Å². The van der Waals surface area contributed by atoms with E-state index in [4.69, 9.17) is 28.7 Å². The van der Waals surface area contributed by atoms with Crippen LogP contribution >= 0.6 is 0 Å². The van der Waals surface area contributed by atoms with Crippen molar-refractivity contribution in [3.8, 4) is 0 Å². The van der Waals surface area contributed by atoms with Gasteiger partial charge >= 0.3 is 11.9 Å². The fourth-order valence-corrected chi connectivity index (χ4v) is 6.44. The van der Waals surface area contributed by atoms with E-state index >= 15 is 0 Å². The molecule has 0 spiro atoms. The Morgan fingerprint density at radius 3 is 0.812 bits per heavy atom. The number of nitrogens with two attached hydrogens (primary N) is 5. The van der Waals surface area contributed by atoms with Gasteiger partial charge in [-0.05, 0) is 42.6 Å². The molecule has 69 heavy (non-hydrogen) atoms. The highest BCUT2D eigenvalue weighted by atomic mass is 16.5. The molecule has 6 amide bonds. The summed E-state index contributed by atoms with van der Waals surface area (Å²) in [4.78, 5) is 102. The van der Waals surface area contributed by atoms with Crippen LogP contribution in [-0.2, 0) is 74.0 Å². The number of esters is 2. The van der Waals surface area contributed by atoms with Crippen molar-refractivity contribution >= 4 is 47.4 Å². The Hall–Kier alpha value is -6.00. The third-order valence-corrected chi connectivity index (χ3v) is 9.97. The minimum absolute atomic E-state index is 0.0241. The van der Waals surface area contributed by atoms with Gasteiger partial charge in [0.2, 0.25) is 35.4 Å². The lowest BCUT2D eigenvalue weighted by atomic mass is 10.1. The third kappa shape index (κ3) is 28.8. The van der Waals surface area contributed by atoms with Gasteiger partial charge in [-0.25, -0.2) is 0 Å². The zero-order valence-corrected chi connectivity index (χ0v) is 41.6. The highest BCUT2D eigenvalue weighted by Crippen LogP contribution is 2.15. The predicted octanol–water partition coefficient (Wildman–Crippen LogP) is 0.226. The van der Waals surface area contributed by atoms with Crippen LogP contribution in [0.15, 0.2) is 48.5 Å². The number of carbonyl (C=O) groups is 8. The lowest BCUT2D eigenvalue weighted by molar-refractivity contribution is -0.144. The molecule has 2 aromatic rings. The quantitative estimate of drug-likeness (QED) is 0.0516. The normalized spacial score (nSPS) is 10.2. The number of hydrogen-bond donors (Lipinski definition) is 7. The van der Waals surface area contributed by atoms with Crippen LogP contribution in [0.25, 0.3) is 0 Å². The van der Waals surface area contributed by atoms with Gasteiger partial charge in [0.25, 0.3) is 0 Å². The summed E-state index contributed by atoms with van der Waals surface area (Å²) in [6.07, 6.45) is 0.744. The number of benzene rings is 2. The summed E-state index contributed by atoms with van der Waals surface area (Å²) >= 11 is 0. The topological polar surface area (TPSA) is 322 Å². The molecule has 0 bridgehead atoms. The first-order valence-corrected chi connectivity index (χ1v) is 23.5. The van der Waals surface area contributed by atoms with Crippen LogP contribution in [0, 0.1) is 0 Å². The third-order valence-electron chi connectivity index (χ3n) is 9.97. The second-order valence-electron chi connectivity index (χ2n) is 15.5. The van der Waals surface area contributed by atoms with Crippen LogP contribution in [0.1, 0.15) is 94.4 Å². The van der Waals surface area contributed by atoms with Crippen molar-refractivity contribution in [1.29, 1.82) is 0 Å². The average Bonchev–Trinajstić information content (AvgIpc) is 3.34. The number of rotatable bonds is 30. The van der Waals surface area contributed by atoms with Crippen LogP contribution < -0.4 is 39.3 Å². The van der Waals surface area contributed by atoms with Crippen LogP contribution in [0.5, 0.6) is 0 Å². The maximum atomic E-state index is 12.6. The fraction of sp³-hybridized carbons (Fsp3) is 0.583. The largest absolute Gasteiger partial charge is 0.469 e. The maximum Gasteiger partial charge on any atom is 0.306 e. The predicted molar refractivity (Wildman–Crippen MR) is 264 cm³/mol. The molecule has 21 heteroatoms. The summed E-state index contributed by atoms with van der Waals surface area (Å²) < 4.78 is 9.15. The van der Waals surface area contributed by atoms with Crippen LogP contribution in [-0.4, -0.2) is 153 Å². The maximum absolute atomic E-state index is 12.6. The molecule has 388 valence electrons. The molecule has 0 aliphatic heterocycles. The zero-order chi connectivity index (χ0) is 52.0. The molecule has 0 radical (unpaired) electrons. The number of amides is 6. The van der Waals surface area contributed by atoms with Gasteiger partial charge in [0, 0.05) is 130 Å². The number of nitrogens with one attached hydrogen (secondary N) is 2. The number of ether oxygens (including phenoxy) is 2. The van der Waals surface area contributed by atoms with Crippen LogP contribution in [0.2, 0.25) is 0 Å². The van der Waals surface area contributed by atoms with E-state index in [1.165, 1.54) is 14.2 Å². The number of carbonyl (C=O) groups excluding carboxylic acids is 8. The Bertz CT molecular complexity index is 1690. The van der Waals surface area contributed by atoms with E-state index in [9.17, 15) is 38.4 Å². The van der Waals surface area contributed by atoms with Gasteiger partial charge in [-0.15, -0.1) is 0 Å². The van der Waals surface area contributed by atoms with Gasteiger partial charge in [-0.2, -0.15) is 0 Å². The zero-order valence-electron chi connectivity index (χ0n) is 41.6. The molecule has 2 aromatic carbocycles. The van der Waals surface area contributed by atoms with E-state index in [0.717, 1.165) is 28.8 Å². The highest BCUT2D eigenvalue weighted by Gasteiger charge is 2.19. The first-order valence-electron chi connectivity index (χ1n) is 23.5. The lowest BCUT2D eigenvalue weighted by Crippen LogP contribution is -2.36. The molecule has 0 aliphatic carbocycles. The van der Waals surface area contributed by atoms with E-state index in [0.29, 0.717) is 91.6 Å². The van der Waals surface area contributed by atoms with Crippen molar-refractivity contribution in [3.63, 3.8) is 0 Å². The molecule has 21 nitrogen and oxygen atoms in total. The number of hydrogen-bond acceptors (Lipinski definition) is 15. The van der Waals surface area contributed by atoms with Crippen molar-refractivity contribution in [2.45, 2.75) is 98.3 Å². The van der Waals surface area contributed by atoms with Gasteiger partial charge in [0.05, 0.1) is 27.1 Å². The molecule has 0 aliphatic rings. The molecule has 0 fully saturated rings. The number of nitrogens with zero attached hydrogens (tertiary/aromatic N) is 4. The second-order valence-corrected chi connectivity index (χ2v) is 15.5. The second kappa shape index (κ2) is 38.9. The minimum atomic E-state index is -0.432. The minimum Gasteiger partial charge on any atom is -0.469 e. The van der Waals surface area contributed by atoms with E-state index in [1.54, 1.807) is 19.6 Å². The Morgan fingerprint density at radius 2 is 0.623 bits per heavy atom. The molecule has 2 rings (SSSR count). The molecule has 0 aromatic heterocycles. The van der Waals surface area contributed by atoms with Gasteiger partial charge in [-0.1, -0.05) is 55.5 Å². The Labute approximate surface area is 408 Å². The summed E-state index contributed by atoms with van der Waals surface area (Å²) in [7, 11) is 2.57. The van der Waals surface area contributed by atoms with Crippen molar-refractivity contribution in [2.24, 2.45) is 28.7 Å². The van der Waals surface area contributed by atoms with Gasteiger partial charge < -0.3 is 68.4 Å². The van der Waals surface area contributed by atoms with Crippen molar-refractivity contribution in [3.05, 3.63) is 70.8 Å². The SMILES string of the molecule is CCN.CCNC(=O)CCC(=O)N(CCN)Cc1ccc(CN(CCN)C(=O)CCC(=O)NCC)cc1.COC(=O)CCC(=O)N(CCN)Cc1ccc(CN(CCN)C(=O)CCC(=O)OC)cc1. The Kier molecular flexibility index (Phi) is 35.5. The summed E-state index contributed by atoms with van der Waals surface area (Å²) in [6.45, 7) is 11.7. The molecular formula is C48H81N11O10. The van der Waals surface area contributed by atoms with Crippen molar-refractivity contribution in [2.75, 3.05) is 86.2 Å². The molecule has 12 N–H and O–H groups in total. The molecule has 0 saturated carbocycles. The van der Waals surface area contributed by atoms with Crippen molar-refractivity contribution in [1.82, 2.24) is 30.2 Å². The summed E-state index contributed by atoms with van der Waals surface area (Å²) in [5, 5.41) is 5.38. The average molecular weight is 972 g/mol. The smallest absolute Gasteiger partial charge is 0.306 e. The number of methoxy groups -OCH3 is 2. The Morgan fingerprint density at radius 1 is 0.406 bits per heavy atom. The van der Waals surface area contributed by atoms with Gasteiger partial charge in [0.1, 0.15) is 0 Å². The summed E-state index contributed by atoms with van der Waals surface area (Å²) in [6, 6.07) is 15.2. The van der Waals surface area contributed by atoms with E-state index < -0.39 is 11.9 Å². The van der Waals surface area contributed by atoms with Crippen molar-refractivity contribution < 1.29 is 47.8 Å². The Balaban J connectivity index is 0.00000127. The monoisotopic (exact) mass is 972 g/mol. The first-order chi connectivity index (χ1) is 33.1. The van der Waals surface area contributed by atoms with Gasteiger partial charge in [-0.3, -0.25) is 38.4 Å². The summed E-state index contributed by atoms with van der Waals surface area (Å²) in [5.41, 5.74) is 31.1. The highest BCUT2D eigenvalue weighted by molar-refractivity contribution is 5.85. The molecule has 0 atom stereocenters. The molecule has 0 heterocycles. The van der Waals surface area contributed by atoms with Crippen LogP contribution in [0.3, 0.4) is 0 Å². The fourth-order valence-electron chi connectivity index (χ4n) is 6.44. The first kappa shape index (κ1) is 63.0. The van der Waals surface area contributed by atoms with E-state index in [2.05, 4.69) is 20.1 Å². The molecule has 0 saturated heterocycles. The summed E-state index contributed by atoms with van der Waals surface area (Å²) in [5.74, 6) is -1.73. The van der Waals surface area contributed by atoms with E-state index in [1.807, 2.05) is 69.3 Å². The molecule has 0 unspecified atom stereocenters. The lowest BCUT2D eigenvalue weighted by Gasteiger charge is -2.24. The van der Waals surface area contributed by atoms with Gasteiger partial charge in [0.15, 0.2) is 0 Å².